The summed E-state index contributed by atoms with van der Waals surface area (Å²) < 4.78 is 0. The number of rotatable bonds is 3. The number of anilines is 2. The molecule has 7 heteroatoms. The lowest BCUT2D eigenvalue weighted by Crippen LogP contribution is -2.51. The summed E-state index contributed by atoms with van der Waals surface area (Å²) in [5.41, 5.74) is 0. The lowest BCUT2D eigenvalue weighted by Gasteiger charge is -2.37. The summed E-state index contributed by atoms with van der Waals surface area (Å²) >= 11 is 0. The third-order valence-corrected chi connectivity index (χ3v) is 6.13. The number of aromatic nitrogens is 2. The highest BCUT2D eigenvalue weighted by Gasteiger charge is 2.30. The van der Waals surface area contributed by atoms with Crippen LogP contribution in [-0.4, -0.2) is 65.8 Å². The van der Waals surface area contributed by atoms with Crippen LogP contribution < -0.4 is 9.80 Å². The molecule has 3 aliphatic rings. The van der Waals surface area contributed by atoms with Gasteiger partial charge in [-0.25, -0.2) is 9.97 Å². The monoisotopic (exact) mass is 371 g/mol. The number of amides is 1. The Bertz CT molecular complexity index is 671. The first-order chi connectivity index (χ1) is 13.2. The Morgan fingerprint density at radius 2 is 1.44 bits per heavy atom. The van der Waals surface area contributed by atoms with Gasteiger partial charge in [-0.15, -0.1) is 0 Å². The van der Waals surface area contributed by atoms with Gasteiger partial charge in [0, 0.05) is 64.1 Å². The van der Waals surface area contributed by atoms with Crippen molar-refractivity contribution in [2.75, 3.05) is 49.1 Å². The first-order valence-electron chi connectivity index (χ1n) is 10.3. The Balaban J connectivity index is 1.33. The number of carbonyl (C=O) groups is 2. The highest BCUT2D eigenvalue weighted by atomic mass is 16.2. The Morgan fingerprint density at radius 3 is 2.07 bits per heavy atom. The third-order valence-electron chi connectivity index (χ3n) is 6.13. The molecular formula is C20H29N5O2. The van der Waals surface area contributed by atoms with Crippen LogP contribution >= 0.6 is 0 Å². The van der Waals surface area contributed by atoms with Gasteiger partial charge in [-0.3, -0.25) is 9.59 Å². The van der Waals surface area contributed by atoms with Crippen LogP contribution in [0.4, 0.5) is 11.6 Å². The summed E-state index contributed by atoms with van der Waals surface area (Å²) in [7, 11) is 0. The molecule has 3 fully saturated rings. The maximum atomic E-state index is 12.7. The second kappa shape index (κ2) is 8.23. The van der Waals surface area contributed by atoms with E-state index in [0.29, 0.717) is 18.6 Å². The maximum absolute atomic E-state index is 12.7. The number of piperazine rings is 1. The molecule has 7 nitrogen and oxygen atoms in total. The van der Waals surface area contributed by atoms with Crippen molar-refractivity contribution in [3.8, 4) is 0 Å². The van der Waals surface area contributed by atoms with E-state index in [1.165, 1.54) is 19.3 Å². The summed E-state index contributed by atoms with van der Waals surface area (Å²) in [5.74, 6) is 2.56. The number of carbonyl (C=O) groups excluding carboxylic acids is 2. The summed E-state index contributed by atoms with van der Waals surface area (Å²) in [6.07, 6.45) is 8.01. The van der Waals surface area contributed by atoms with Crippen LogP contribution in [-0.2, 0) is 9.59 Å². The summed E-state index contributed by atoms with van der Waals surface area (Å²) in [4.78, 5) is 39.6. The van der Waals surface area contributed by atoms with E-state index in [-0.39, 0.29) is 11.8 Å². The van der Waals surface area contributed by atoms with Crippen molar-refractivity contribution in [3.63, 3.8) is 0 Å². The molecule has 4 rings (SSSR count). The standard InChI is InChI=1S/C20H29N5O2/c26-17-6-4-16(5-7-17)20(27)25-12-10-24(11-13-25)19-14-18(21-15-22-19)23-8-2-1-3-9-23/h14-16H,1-13H2. The van der Waals surface area contributed by atoms with Crippen molar-refractivity contribution in [1.29, 1.82) is 0 Å². The lowest BCUT2D eigenvalue weighted by atomic mass is 9.87. The molecule has 27 heavy (non-hydrogen) atoms. The minimum Gasteiger partial charge on any atom is -0.356 e. The van der Waals surface area contributed by atoms with Crippen LogP contribution in [0.1, 0.15) is 44.9 Å². The van der Waals surface area contributed by atoms with Gasteiger partial charge in [-0.05, 0) is 32.1 Å². The van der Waals surface area contributed by atoms with Gasteiger partial charge in [0.1, 0.15) is 23.7 Å². The quantitative estimate of drug-likeness (QED) is 0.808. The van der Waals surface area contributed by atoms with Crippen LogP contribution in [0.15, 0.2) is 12.4 Å². The largest absolute Gasteiger partial charge is 0.356 e. The van der Waals surface area contributed by atoms with Crippen LogP contribution in [0.25, 0.3) is 0 Å². The first-order valence-corrected chi connectivity index (χ1v) is 10.3. The van der Waals surface area contributed by atoms with Crippen molar-refractivity contribution < 1.29 is 9.59 Å². The van der Waals surface area contributed by atoms with Gasteiger partial charge in [0.2, 0.25) is 5.91 Å². The predicted octanol–water partition coefficient (Wildman–Crippen LogP) is 1.87. The normalized spacial score (nSPS) is 22.2. The second-order valence-electron chi connectivity index (χ2n) is 7.91. The molecule has 2 saturated heterocycles. The third kappa shape index (κ3) is 4.22. The van der Waals surface area contributed by atoms with Gasteiger partial charge in [0.05, 0.1) is 0 Å². The Kier molecular flexibility index (Phi) is 5.55. The molecule has 1 aromatic heterocycles. The van der Waals surface area contributed by atoms with E-state index in [1.54, 1.807) is 6.33 Å². The number of Topliss-reactive ketones (excluding diaryl/α,β-unsaturated/α-hetero) is 1. The second-order valence-corrected chi connectivity index (χ2v) is 7.91. The van der Waals surface area contributed by atoms with E-state index in [2.05, 4.69) is 25.8 Å². The maximum Gasteiger partial charge on any atom is 0.225 e. The molecule has 2 aliphatic heterocycles. The van der Waals surface area contributed by atoms with Crippen molar-refractivity contribution >= 4 is 23.3 Å². The molecule has 0 aromatic carbocycles. The molecule has 0 radical (unpaired) electrons. The van der Waals surface area contributed by atoms with Gasteiger partial charge in [-0.2, -0.15) is 0 Å². The van der Waals surface area contributed by atoms with Gasteiger partial charge in [-0.1, -0.05) is 0 Å². The molecule has 1 amide bonds. The zero-order chi connectivity index (χ0) is 18.6. The number of piperidine rings is 1. The average Bonchev–Trinajstić information content (AvgIpc) is 2.75. The summed E-state index contributed by atoms with van der Waals surface area (Å²) in [6.45, 7) is 5.20. The molecule has 3 heterocycles. The van der Waals surface area contributed by atoms with E-state index in [9.17, 15) is 9.59 Å². The molecule has 0 atom stereocenters. The number of hydrogen-bond acceptors (Lipinski definition) is 6. The fourth-order valence-corrected chi connectivity index (χ4v) is 4.41. The van der Waals surface area contributed by atoms with Crippen LogP contribution in [0.2, 0.25) is 0 Å². The number of ketones is 1. The van der Waals surface area contributed by atoms with Crippen LogP contribution in [0.5, 0.6) is 0 Å². The van der Waals surface area contributed by atoms with Crippen molar-refractivity contribution in [2.24, 2.45) is 5.92 Å². The molecular weight excluding hydrogens is 342 g/mol. The fraction of sp³-hybridized carbons (Fsp3) is 0.700. The molecule has 0 N–H and O–H groups in total. The summed E-state index contributed by atoms with van der Waals surface area (Å²) in [5, 5.41) is 0. The minimum absolute atomic E-state index is 0.0407. The highest BCUT2D eigenvalue weighted by Crippen LogP contribution is 2.25. The van der Waals surface area contributed by atoms with Crippen LogP contribution in [0, 0.1) is 5.92 Å². The Hall–Kier alpha value is -2.18. The molecule has 1 aliphatic carbocycles. The van der Waals surface area contributed by atoms with E-state index in [4.69, 9.17) is 0 Å². The van der Waals surface area contributed by atoms with E-state index >= 15 is 0 Å². The highest BCUT2D eigenvalue weighted by molar-refractivity contribution is 5.84. The van der Waals surface area contributed by atoms with Gasteiger partial charge < -0.3 is 14.7 Å². The van der Waals surface area contributed by atoms with Crippen LogP contribution in [0.3, 0.4) is 0 Å². The Labute approximate surface area is 160 Å². The SMILES string of the molecule is O=C1CCC(C(=O)N2CCN(c3cc(N4CCCCC4)ncn3)CC2)CC1. The van der Waals surface area contributed by atoms with Crippen molar-refractivity contribution in [3.05, 3.63) is 12.4 Å². The topological polar surface area (TPSA) is 69.6 Å². The fourth-order valence-electron chi connectivity index (χ4n) is 4.41. The zero-order valence-electron chi connectivity index (χ0n) is 16.0. The zero-order valence-corrected chi connectivity index (χ0v) is 16.0. The molecule has 0 unspecified atom stereocenters. The lowest BCUT2D eigenvalue weighted by molar-refractivity contribution is -0.137. The predicted molar refractivity (Wildman–Crippen MR) is 104 cm³/mol. The summed E-state index contributed by atoms with van der Waals surface area (Å²) in [6, 6.07) is 2.09. The van der Waals surface area contributed by atoms with Crippen molar-refractivity contribution in [2.45, 2.75) is 44.9 Å². The van der Waals surface area contributed by atoms with Gasteiger partial charge in [0.15, 0.2) is 0 Å². The Morgan fingerprint density at radius 1 is 0.852 bits per heavy atom. The van der Waals surface area contributed by atoms with Crippen molar-refractivity contribution in [1.82, 2.24) is 14.9 Å². The minimum atomic E-state index is 0.0407. The average molecular weight is 371 g/mol. The first kappa shape index (κ1) is 18.2. The van der Waals surface area contributed by atoms with E-state index in [0.717, 1.165) is 63.7 Å². The molecule has 146 valence electrons. The molecule has 0 spiro atoms. The molecule has 1 aromatic rings. The number of nitrogens with zero attached hydrogens (tertiary/aromatic N) is 5. The van der Waals surface area contributed by atoms with E-state index < -0.39 is 0 Å². The molecule has 0 bridgehead atoms. The number of hydrogen-bond donors (Lipinski definition) is 0. The molecule has 1 saturated carbocycles. The van der Waals surface area contributed by atoms with Gasteiger partial charge >= 0.3 is 0 Å². The van der Waals surface area contributed by atoms with E-state index in [1.807, 2.05) is 4.90 Å². The smallest absolute Gasteiger partial charge is 0.225 e. The van der Waals surface area contributed by atoms with Gasteiger partial charge in [0.25, 0.3) is 0 Å².